The molecule has 0 bridgehead atoms. The summed E-state index contributed by atoms with van der Waals surface area (Å²) >= 11 is 1.36. The third-order valence-electron chi connectivity index (χ3n) is 5.17. The number of nitrogens with one attached hydrogen (secondary N) is 1. The van der Waals surface area contributed by atoms with Crippen LogP contribution >= 0.6 is 11.3 Å². The molecule has 0 amide bonds. The number of aromatic nitrogens is 5. The lowest BCUT2D eigenvalue weighted by Gasteiger charge is -2.11. The molecular weight excluding hydrogens is 370 g/mol. The monoisotopic (exact) mass is 391 g/mol. The van der Waals surface area contributed by atoms with Gasteiger partial charge in [-0.05, 0) is 24.8 Å². The Kier molecular flexibility index (Phi) is 4.39. The fraction of sp³-hybridized carbons (Fsp3) is 0.529. The van der Waals surface area contributed by atoms with Crippen LogP contribution in [-0.2, 0) is 17.8 Å². The predicted octanol–water partition coefficient (Wildman–Crippen LogP) is 0.694. The molecule has 0 spiro atoms. The summed E-state index contributed by atoms with van der Waals surface area (Å²) in [5.41, 5.74) is -0.0491. The highest BCUT2D eigenvalue weighted by Gasteiger charge is 2.38. The average Bonchev–Trinajstić information content (AvgIpc) is 3.04. The Bertz CT molecular complexity index is 1180. The zero-order valence-corrected chi connectivity index (χ0v) is 16.2. The minimum atomic E-state index is -0.312. The lowest BCUT2D eigenvalue weighted by atomic mass is 10.2. The number of hydrogen-bond acceptors (Lipinski definition) is 6. The van der Waals surface area contributed by atoms with Crippen LogP contribution in [0.1, 0.15) is 29.8 Å². The van der Waals surface area contributed by atoms with Gasteiger partial charge in [0.25, 0.3) is 5.56 Å². The Morgan fingerprint density at radius 1 is 1.37 bits per heavy atom. The number of ether oxygens (including phenoxy) is 1. The highest BCUT2D eigenvalue weighted by atomic mass is 32.1. The van der Waals surface area contributed by atoms with Crippen LogP contribution in [0, 0.1) is 12.8 Å². The minimum absolute atomic E-state index is 0.0418. The Morgan fingerprint density at radius 3 is 2.70 bits per heavy atom. The maximum absolute atomic E-state index is 13.1. The molecule has 3 heterocycles. The van der Waals surface area contributed by atoms with Gasteiger partial charge in [-0.3, -0.25) is 18.9 Å². The van der Waals surface area contributed by atoms with Gasteiger partial charge in [0, 0.05) is 18.0 Å². The Morgan fingerprint density at radius 2 is 2.11 bits per heavy atom. The second kappa shape index (κ2) is 6.61. The smallest absolute Gasteiger partial charge is 0.343 e. The first-order valence-corrected chi connectivity index (χ1v) is 9.62. The Balaban J connectivity index is 1.94. The van der Waals surface area contributed by atoms with Gasteiger partial charge in [0.2, 0.25) is 0 Å². The molecular formula is C17H21N5O4S. The molecule has 0 saturated heterocycles. The van der Waals surface area contributed by atoms with E-state index in [1.807, 2.05) is 13.8 Å². The summed E-state index contributed by atoms with van der Waals surface area (Å²) in [5, 5.41) is 4.53. The van der Waals surface area contributed by atoms with E-state index < -0.39 is 0 Å². The number of aromatic amines is 1. The second-order valence-electron chi connectivity index (χ2n) is 6.96. The Labute approximate surface area is 157 Å². The van der Waals surface area contributed by atoms with E-state index in [0.29, 0.717) is 29.3 Å². The molecule has 0 aromatic carbocycles. The molecule has 1 fully saturated rings. The number of methoxy groups -OCH3 is 1. The quantitative estimate of drug-likeness (QED) is 0.666. The number of thiophene rings is 1. The van der Waals surface area contributed by atoms with Crippen LogP contribution in [0.2, 0.25) is 0 Å². The number of H-pyrrole nitrogens is 1. The molecule has 1 N–H and O–H groups in total. The highest BCUT2D eigenvalue weighted by molar-refractivity contribution is 7.18. The van der Waals surface area contributed by atoms with E-state index in [1.54, 1.807) is 11.7 Å². The summed E-state index contributed by atoms with van der Waals surface area (Å²) in [6, 6.07) is -0.0418. The number of hydrogen-bond donors (Lipinski definition) is 1. The first-order valence-electron chi connectivity index (χ1n) is 8.80. The molecule has 2 atom stereocenters. The van der Waals surface area contributed by atoms with Crippen molar-refractivity contribution in [3.05, 3.63) is 48.1 Å². The average molecular weight is 391 g/mol. The predicted molar refractivity (Wildman–Crippen MR) is 102 cm³/mol. The molecule has 0 radical (unpaired) electrons. The third kappa shape index (κ3) is 2.88. The van der Waals surface area contributed by atoms with Crippen LogP contribution in [0.5, 0.6) is 0 Å². The van der Waals surface area contributed by atoms with Gasteiger partial charge in [-0.1, -0.05) is 6.92 Å². The van der Waals surface area contributed by atoms with Crippen molar-refractivity contribution in [3.8, 4) is 0 Å². The fourth-order valence-corrected chi connectivity index (χ4v) is 4.72. The van der Waals surface area contributed by atoms with Gasteiger partial charge in [0.15, 0.2) is 0 Å². The van der Waals surface area contributed by atoms with Crippen molar-refractivity contribution < 1.29 is 4.74 Å². The standard InChI is InChI=1S/C17H21N5O4S/c1-9-6-11(9)22-14(23)13-10(2)12(7-21-16(24)18-8-19-21)27-15(13)20(17(22)25)4-5-26-3/h8-9,11H,4-7H2,1-3H3,(H,18,19,24)/t9-,11-/m0/s1. The van der Waals surface area contributed by atoms with Crippen molar-refractivity contribution in [1.82, 2.24) is 23.9 Å². The lowest BCUT2D eigenvalue weighted by Crippen LogP contribution is -2.40. The molecule has 4 rings (SSSR count). The topological polar surface area (TPSA) is 104 Å². The van der Waals surface area contributed by atoms with E-state index in [1.165, 1.54) is 26.9 Å². The molecule has 144 valence electrons. The van der Waals surface area contributed by atoms with Crippen molar-refractivity contribution in [2.45, 2.75) is 39.4 Å². The molecule has 1 aliphatic carbocycles. The van der Waals surface area contributed by atoms with Crippen molar-refractivity contribution >= 4 is 21.6 Å². The van der Waals surface area contributed by atoms with Crippen LogP contribution in [-0.4, -0.2) is 37.6 Å². The van der Waals surface area contributed by atoms with Gasteiger partial charge < -0.3 is 4.74 Å². The first-order chi connectivity index (χ1) is 12.9. The third-order valence-corrected chi connectivity index (χ3v) is 6.47. The van der Waals surface area contributed by atoms with Crippen LogP contribution in [0.3, 0.4) is 0 Å². The summed E-state index contributed by atoms with van der Waals surface area (Å²) in [4.78, 5) is 41.9. The molecule has 1 aliphatic rings. The summed E-state index contributed by atoms with van der Waals surface area (Å²) in [7, 11) is 1.58. The molecule has 3 aromatic rings. The molecule has 10 heteroatoms. The SMILES string of the molecule is COCCn1c(=O)n([C@H]2C[C@@H]2C)c(=O)c2c(C)c(Cn3nc[nH]c3=O)sc21. The zero-order valence-electron chi connectivity index (χ0n) is 15.4. The van der Waals surface area contributed by atoms with Crippen LogP contribution < -0.4 is 16.9 Å². The van der Waals surface area contributed by atoms with E-state index in [4.69, 9.17) is 4.74 Å². The Hall–Kier alpha value is -2.46. The van der Waals surface area contributed by atoms with Gasteiger partial charge in [-0.25, -0.2) is 14.3 Å². The largest absolute Gasteiger partial charge is 0.383 e. The van der Waals surface area contributed by atoms with Crippen molar-refractivity contribution in [2.24, 2.45) is 5.92 Å². The number of nitrogens with zero attached hydrogens (tertiary/aromatic N) is 4. The van der Waals surface area contributed by atoms with E-state index in [2.05, 4.69) is 10.1 Å². The van der Waals surface area contributed by atoms with Gasteiger partial charge in [-0.2, -0.15) is 5.10 Å². The van der Waals surface area contributed by atoms with Crippen molar-refractivity contribution in [1.29, 1.82) is 0 Å². The zero-order chi connectivity index (χ0) is 19.3. The molecule has 9 nitrogen and oxygen atoms in total. The number of aryl methyl sites for hydroxylation is 1. The highest BCUT2D eigenvalue weighted by Crippen LogP contribution is 2.41. The van der Waals surface area contributed by atoms with Gasteiger partial charge in [-0.15, -0.1) is 11.3 Å². The molecule has 0 aliphatic heterocycles. The van der Waals surface area contributed by atoms with E-state index in [-0.39, 0.29) is 29.5 Å². The maximum atomic E-state index is 13.1. The second-order valence-corrected chi connectivity index (χ2v) is 8.05. The van der Waals surface area contributed by atoms with Crippen molar-refractivity contribution in [3.63, 3.8) is 0 Å². The van der Waals surface area contributed by atoms with E-state index in [0.717, 1.165) is 16.9 Å². The summed E-state index contributed by atoms with van der Waals surface area (Å²) in [6.45, 7) is 4.90. The maximum Gasteiger partial charge on any atom is 0.343 e. The van der Waals surface area contributed by atoms with Crippen molar-refractivity contribution in [2.75, 3.05) is 13.7 Å². The van der Waals surface area contributed by atoms with Gasteiger partial charge in [0.1, 0.15) is 11.2 Å². The number of rotatable bonds is 6. The minimum Gasteiger partial charge on any atom is -0.383 e. The van der Waals surface area contributed by atoms with E-state index in [9.17, 15) is 14.4 Å². The molecule has 27 heavy (non-hydrogen) atoms. The van der Waals surface area contributed by atoms with Crippen LogP contribution in [0.4, 0.5) is 0 Å². The summed E-state index contributed by atoms with van der Waals surface area (Å²) < 4.78 is 9.48. The number of fused-ring (bicyclic) bond motifs is 1. The molecule has 1 saturated carbocycles. The molecule has 3 aromatic heterocycles. The van der Waals surface area contributed by atoms with Crippen LogP contribution in [0.25, 0.3) is 10.2 Å². The van der Waals surface area contributed by atoms with E-state index >= 15 is 0 Å². The summed E-state index contributed by atoms with van der Waals surface area (Å²) in [5.74, 6) is 0.324. The first kappa shape index (κ1) is 17.9. The summed E-state index contributed by atoms with van der Waals surface area (Å²) in [6.07, 6.45) is 2.17. The van der Waals surface area contributed by atoms with Crippen LogP contribution in [0.15, 0.2) is 20.7 Å². The van der Waals surface area contributed by atoms with Gasteiger partial charge >= 0.3 is 11.4 Å². The normalized spacial score (nSPS) is 19.1. The lowest BCUT2D eigenvalue weighted by molar-refractivity contribution is 0.186. The van der Waals surface area contributed by atoms with Gasteiger partial charge in [0.05, 0.1) is 25.1 Å². The fourth-order valence-electron chi connectivity index (χ4n) is 3.42. The molecule has 0 unspecified atom stereocenters.